The van der Waals surface area contributed by atoms with Gasteiger partial charge in [-0.05, 0) is 54.7 Å². The molecule has 2 N–H and O–H groups in total. The van der Waals surface area contributed by atoms with Crippen LogP contribution in [-0.2, 0) is 6.42 Å². The van der Waals surface area contributed by atoms with E-state index in [2.05, 4.69) is 15.5 Å². The van der Waals surface area contributed by atoms with Crippen LogP contribution in [0.2, 0.25) is 0 Å². The van der Waals surface area contributed by atoms with Crippen molar-refractivity contribution in [3.05, 3.63) is 98.5 Å². The molecule has 1 aromatic heterocycles. The molecular weight excluding hydrogens is 360 g/mol. The topological polar surface area (TPSA) is 57.8 Å². The monoisotopic (exact) mass is 379 g/mol. The average molecular weight is 379 g/mol. The zero-order valence-electron chi connectivity index (χ0n) is 15.1. The summed E-state index contributed by atoms with van der Waals surface area (Å²) >= 11 is 0. The Labute approximate surface area is 160 Å². The van der Waals surface area contributed by atoms with Gasteiger partial charge in [-0.25, -0.2) is 13.9 Å². The van der Waals surface area contributed by atoms with Crippen molar-refractivity contribution >= 4 is 0 Å². The lowest BCUT2D eigenvalue weighted by Gasteiger charge is -2.41. The van der Waals surface area contributed by atoms with E-state index >= 15 is 0 Å². The molecule has 3 aromatic rings. The quantitative estimate of drug-likeness (QED) is 0.710. The number of rotatable bonds is 2. The van der Waals surface area contributed by atoms with Gasteiger partial charge in [0.15, 0.2) is 0 Å². The molecule has 4 nitrogen and oxygen atoms in total. The van der Waals surface area contributed by atoms with Gasteiger partial charge in [0.1, 0.15) is 11.6 Å². The van der Waals surface area contributed by atoms with Gasteiger partial charge in [0.2, 0.25) is 0 Å². The predicted octanol–water partition coefficient (Wildman–Crippen LogP) is 3.90. The Morgan fingerprint density at radius 3 is 2.25 bits per heavy atom. The van der Waals surface area contributed by atoms with E-state index in [4.69, 9.17) is 0 Å². The molecule has 2 aliphatic rings. The fourth-order valence-electron chi connectivity index (χ4n) is 4.63. The largest absolute Gasteiger partial charge is 0.302 e. The van der Waals surface area contributed by atoms with Gasteiger partial charge in [0, 0.05) is 29.1 Å². The van der Waals surface area contributed by atoms with Crippen molar-refractivity contribution < 1.29 is 8.78 Å². The third-order valence-electron chi connectivity index (χ3n) is 5.89. The average Bonchev–Trinajstić information content (AvgIpc) is 2.71. The van der Waals surface area contributed by atoms with Gasteiger partial charge < -0.3 is 5.32 Å². The van der Waals surface area contributed by atoms with Gasteiger partial charge in [0.05, 0.1) is 5.69 Å². The molecule has 0 spiro atoms. The summed E-state index contributed by atoms with van der Waals surface area (Å²) in [4.78, 5) is 12.3. The molecular formula is C22H19F2N3O. The number of aromatic amines is 1. The van der Waals surface area contributed by atoms with Gasteiger partial charge in [-0.15, -0.1) is 0 Å². The molecule has 2 aromatic carbocycles. The first-order valence-electron chi connectivity index (χ1n) is 9.50. The number of hydrogen-bond acceptors (Lipinski definition) is 3. The molecule has 5 rings (SSSR count). The van der Waals surface area contributed by atoms with Crippen molar-refractivity contribution in [3.8, 4) is 0 Å². The molecule has 0 amide bonds. The summed E-state index contributed by atoms with van der Waals surface area (Å²) in [5, 5.41) is 10.8. The first-order chi connectivity index (χ1) is 13.6. The highest BCUT2D eigenvalue weighted by atomic mass is 19.1. The fraction of sp³-hybridized carbons (Fsp3) is 0.273. The molecule has 0 fully saturated rings. The molecule has 0 saturated carbocycles. The highest BCUT2D eigenvalue weighted by molar-refractivity contribution is 5.46. The SMILES string of the molecule is O=c1[nH]nc2c3c1CCCC3NC(c1ccc(F)cc1)C2c1ccc(F)cc1. The highest BCUT2D eigenvalue weighted by Crippen LogP contribution is 2.46. The Morgan fingerprint density at radius 1 is 0.929 bits per heavy atom. The second kappa shape index (κ2) is 6.63. The molecule has 0 radical (unpaired) electrons. The molecule has 3 atom stereocenters. The van der Waals surface area contributed by atoms with Crippen LogP contribution in [0.3, 0.4) is 0 Å². The molecule has 0 saturated heterocycles. The summed E-state index contributed by atoms with van der Waals surface area (Å²) in [6.45, 7) is 0. The summed E-state index contributed by atoms with van der Waals surface area (Å²) in [5.74, 6) is -0.813. The molecule has 1 aliphatic carbocycles. The Bertz CT molecular complexity index is 1080. The van der Waals surface area contributed by atoms with E-state index in [1.165, 1.54) is 24.3 Å². The molecule has 1 aliphatic heterocycles. The van der Waals surface area contributed by atoms with Gasteiger partial charge >= 0.3 is 0 Å². The van der Waals surface area contributed by atoms with E-state index in [0.717, 1.165) is 47.2 Å². The summed E-state index contributed by atoms with van der Waals surface area (Å²) in [6.07, 6.45) is 2.57. The minimum atomic E-state index is -0.305. The molecule has 142 valence electrons. The fourth-order valence-corrected chi connectivity index (χ4v) is 4.63. The number of nitrogens with zero attached hydrogens (tertiary/aromatic N) is 1. The van der Waals surface area contributed by atoms with E-state index in [-0.39, 0.29) is 35.2 Å². The molecule has 3 unspecified atom stereocenters. The van der Waals surface area contributed by atoms with Crippen molar-refractivity contribution in [3.63, 3.8) is 0 Å². The second-order valence-electron chi connectivity index (χ2n) is 7.50. The van der Waals surface area contributed by atoms with Crippen molar-refractivity contribution in [1.29, 1.82) is 0 Å². The summed E-state index contributed by atoms with van der Waals surface area (Å²) < 4.78 is 27.0. The van der Waals surface area contributed by atoms with Crippen molar-refractivity contribution in [2.45, 2.75) is 37.3 Å². The standard InChI is InChI=1S/C22H19F2N3O/c23-14-8-4-12(5-9-14)18-20(13-6-10-15(24)11-7-13)25-17-3-1-2-16-19(17)21(18)26-27-22(16)28/h4-11,17-18,20,25H,1-3H2,(H,27,28). The van der Waals surface area contributed by atoms with Gasteiger partial charge in [-0.2, -0.15) is 5.10 Å². The number of nitrogens with one attached hydrogen (secondary N) is 2. The van der Waals surface area contributed by atoms with E-state index in [1.807, 2.05) is 0 Å². The first kappa shape index (κ1) is 17.3. The van der Waals surface area contributed by atoms with Crippen molar-refractivity contribution in [2.75, 3.05) is 0 Å². The third kappa shape index (κ3) is 2.76. The van der Waals surface area contributed by atoms with E-state index in [9.17, 15) is 13.6 Å². The van der Waals surface area contributed by atoms with Crippen LogP contribution in [0.4, 0.5) is 8.78 Å². The van der Waals surface area contributed by atoms with Crippen molar-refractivity contribution in [2.24, 2.45) is 0 Å². The minimum absolute atomic E-state index is 0.0281. The summed E-state index contributed by atoms with van der Waals surface area (Å²) in [7, 11) is 0. The van der Waals surface area contributed by atoms with Gasteiger partial charge in [-0.1, -0.05) is 24.3 Å². The third-order valence-corrected chi connectivity index (χ3v) is 5.89. The van der Waals surface area contributed by atoms with E-state index in [1.54, 1.807) is 24.3 Å². The Morgan fingerprint density at radius 2 is 1.57 bits per heavy atom. The lowest BCUT2D eigenvalue weighted by molar-refractivity contribution is 0.336. The van der Waals surface area contributed by atoms with Gasteiger partial charge in [-0.3, -0.25) is 4.79 Å². The van der Waals surface area contributed by atoms with E-state index < -0.39 is 0 Å². The van der Waals surface area contributed by atoms with Crippen LogP contribution in [0.5, 0.6) is 0 Å². The Hall–Kier alpha value is -2.86. The predicted molar refractivity (Wildman–Crippen MR) is 101 cm³/mol. The van der Waals surface area contributed by atoms with Crippen LogP contribution in [0.1, 0.15) is 58.8 Å². The van der Waals surface area contributed by atoms with Crippen LogP contribution in [0, 0.1) is 11.6 Å². The van der Waals surface area contributed by atoms with E-state index in [0.29, 0.717) is 0 Å². The Kier molecular flexibility index (Phi) is 4.09. The number of aromatic nitrogens is 2. The number of H-pyrrole nitrogens is 1. The van der Waals surface area contributed by atoms with Crippen LogP contribution in [0.25, 0.3) is 0 Å². The maximum absolute atomic E-state index is 13.5. The summed E-state index contributed by atoms with van der Waals surface area (Å²) in [6, 6.07) is 12.7. The minimum Gasteiger partial charge on any atom is -0.302 e. The summed E-state index contributed by atoms with van der Waals surface area (Å²) in [5.41, 5.74) is 4.28. The lowest BCUT2D eigenvalue weighted by atomic mass is 9.74. The zero-order valence-corrected chi connectivity index (χ0v) is 15.1. The lowest BCUT2D eigenvalue weighted by Crippen LogP contribution is -2.42. The zero-order chi connectivity index (χ0) is 19.3. The normalized spacial score (nSPS) is 23.3. The van der Waals surface area contributed by atoms with Crippen LogP contribution in [0.15, 0.2) is 53.3 Å². The smallest absolute Gasteiger partial charge is 0.267 e. The Balaban J connectivity index is 1.73. The van der Waals surface area contributed by atoms with Gasteiger partial charge in [0.25, 0.3) is 5.56 Å². The van der Waals surface area contributed by atoms with Crippen LogP contribution < -0.4 is 10.9 Å². The number of hydrogen-bond donors (Lipinski definition) is 2. The molecule has 6 heteroatoms. The second-order valence-corrected chi connectivity index (χ2v) is 7.50. The maximum Gasteiger partial charge on any atom is 0.267 e. The molecule has 0 bridgehead atoms. The maximum atomic E-state index is 13.5. The number of benzene rings is 2. The van der Waals surface area contributed by atoms with Crippen LogP contribution >= 0.6 is 0 Å². The van der Waals surface area contributed by atoms with Crippen LogP contribution in [-0.4, -0.2) is 10.2 Å². The first-order valence-corrected chi connectivity index (χ1v) is 9.50. The van der Waals surface area contributed by atoms with Crippen molar-refractivity contribution in [1.82, 2.24) is 15.5 Å². The molecule has 28 heavy (non-hydrogen) atoms. The molecule has 2 heterocycles. The highest BCUT2D eigenvalue weighted by Gasteiger charge is 2.40. The number of halogens is 2.